The molecule has 0 bridgehead atoms. The first kappa shape index (κ1) is 16.9. The average molecular weight is 358 g/mol. The number of benzene rings is 1. The van der Waals surface area contributed by atoms with Gasteiger partial charge in [-0.1, -0.05) is 17.8 Å². The number of ketones is 1. The van der Waals surface area contributed by atoms with Crippen LogP contribution in [-0.2, 0) is 0 Å². The van der Waals surface area contributed by atoms with Gasteiger partial charge in [-0.2, -0.15) is 4.68 Å². The standard InChI is InChI=1S/C17H18N4OS2/c1-10-5-6-14(7-11(10)2)21-17(18-19-20-21)23-9-16(22)15-8-12(3)24-13(15)4/h5-8H,9H2,1-4H3. The zero-order valence-corrected chi connectivity index (χ0v) is 15.7. The minimum atomic E-state index is 0.108. The maximum atomic E-state index is 12.4. The number of Topliss-reactive ketones (excluding diaryl/α,β-unsaturated/α-hetero) is 1. The SMILES string of the molecule is Cc1cc(C(=O)CSc2nnnn2-c2ccc(C)c(C)c2)c(C)s1. The largest absolute Gasteiger partial charge is 0.293 e. The van der Waals surface area contributed by atoms with Gasteiger partial charge in [-0.25, -0.2) is 0 Å². The molecule has 5 nitrogen and oxygen atoms in total. The van der Waals surface area contributed by atoms with E-state index >= 15 is 0 Å². The smallest absolute Gasteiger partial charge is 0.214 e. The number of thioether (sulfide) groups is 1. The predicted octanol–water partition coefficient (Wildman–Crippen LogP) is 3.93. The molecule has 24 heavy (non-hydrogen) atoms. The quantitative estimate of drug-likeness (QED) is 0.511. The number of tetrazole rings is 1. The second kappa shape index (κ2) is 6.86. The van der Waals surface area contributed by atoms with E-state index in [1.807, 2.05) is 38.1 Å². The third-order valence-corrected chi connectivity index (χ3v) is 5.73. The summed E-state index contributed by atoms with van der Waals surface area (Å²) in [5, 5.41) is 12.5. The summed E-state index contributed by atoms with van der Waals surface area (Å²) in [5.74, 6) is 0.430. The summed E-state index contributed by atoms with van der Waals surface area (Å²) in [6, 6.07) is 8.03. The Kier molecular flexibility index (Phi) is 4.82. The lowest BCUT2D eigenvalue weighted by molar-refractivity contribution is 0.102. The third kappa shape index (κ3) is 3.42. The molecule has 0 fully saturated rings. The molecule has 0 saturated carbocycles. The van der Waals surface area contributed by atoms with Gasteiger partial charge in [-0.05, 0) is 67.4 Å². The van der Waals surface area contributed by atoms with Crippen LogP contribution in [0.25, 0.3) is 5.69 Å². The highest BCUT2D eigenvalue weighted by Crippen LogP contribution is 2.25. The highest BCUT2D eigenvalue weighted by molar-refractivity contribution is 7.99. The molecule has 1 aromatic carbocycles. The molecule has 0 aliphatic carbocycles. The number of rotatable bonds is 5. The molecule has 2 aromatic heterocycles. The lowest BCUT2D eigenvalue weighted by atomic mass is 10.1. The van der Waals surface area contributed by atoms with Gasteiger partial charge < -0.3 is 0 Å². The molecular formula is C17H18N4OS2. The number of nitrogens with zero attached hydrogens (tertiary/aromatic N) is 4. The molecule has 0 aliphatic heterocycles. The number of carbonyl (C=O) groups excluding carboxylic acids is 1. The zero-order chi connectivity index (χ0) is 17.3. The Hall–Kier alpha value is -1.99. The molecule has 0 amide bonds. The summed E-state index contributed by atoms with van der Waals surface area (Å²) in [4.78, 5) is 14.6. The van der Waals surface area contributed by atoms with E-state index in [0.29, 0.717) is 10.9 Å². The van der Waals surface area contributed by atoms with Crippen molar-refractivity contribution in [3.05, 3.63) is 50.7 Å². The van der Waals surface area contributed by atoms with Crippen LogP contribution in [0.4, 0.5) is 0 Å². The lowest BCUT2D eigenvalue weighted by Crippen LogP contribution is -2.05. The fourth-order valence-electron chi connectivity index (χ4n) is 2.40. The van der Waals surface area contributed by atoms with E-state index < -0.39 is 0 Å². The monoisotopic (exact) mass is 358 g/mol. The Morgan fingerprint density at radius 1 is 1.17 bits per heavy atom. The Labute approximate surface area is 149 Å². The highest BCUT2D eigenvalue weighted by Gasteiger charge is 2.16. The number of hydrogen-bond donors (Lipinski definition) is 0. The van der Waals surface area contributed by atoms with Gasteiger partial charge in [-0.15, -0.1) is 16.4 Å². The molecule has 0 atom stereocenters. The van der Waals surface area contributed by atoms with Gasteiger partial charge in [0.05, 0.1) is 11.4 Å². The summed E-state index contributed by atoms with van der Waals surface area (Å²) >= 11 is 3.01. The van der Waals surface area contributed by atoms with E-state index in [-0.39, 0.29) is 5.78 Å². The van der Waals surface area contributed by atoms with Gasteiger partial charge in [0, 0.05) is 15.3 Å². The number of thiophene rings is 1. The van der Waals surface area contributed by atoms with Gasteiger partial charge in [0.15, 0.2) is 5.78 Å². The minimum absolute atomic E-state index is 0.108. The zero-order valence-electron chi connectivity index (χ0n) is 14.0. The van der Waals surface area contributed by atoms with Crippen molar-refractivity contribution in [2.45, 2.75) is 32.9 Å². The normalized spacial score (nSPS) is 11.0. The first-order chi connectivity index (χ1) is 11.5. The van der Waals surface area contributed by atoms with Crippen LogP contribution in [0.5, 0.6) is 0 Å². The van der Waals surface area contributed by atoms with Gasteiger partial charge in [-0.3, -0.25) is 4.79 Å². The van der Waals surface area contributed by atoms with Crippen LogP contribution in [0.3, 0.4) is 0 Å². The Balaban J connectivity index is 1.77. The fraction of sp³-hybridized carbons (Fsp3) is 0.294. The van der Waals surface area contributed by atoms with Crippen molar-refractivity contribution in [2.24, 2.45) is 0 Å². The van der Waals surface area contributed by atoms with Gasteiger partial charge in [0.1, 0.15) is 0 Å². The summed E-state index contributed by atoms with van der Waals surface area (Å²) in [6.45, 7) is 8.12. The molecule has 2 heterocycles. The van der Waals surface area contributed by atoms with Gasteiger partial charge >= 0.3 is 0 Å². The topological polar surface area (TPSA) is 60.7 Å². The van der Waals surface area contributed by atoms with E-state index in [4.69, 9.17) is 0 Å². The van der Waals surface area contributed by atoms with Crippen molar-refractivity contribution in [2.75, 3.05) is 5.75 Å². The summed E-state index contributed by atoms with van der Waals surface area (Å²) in [5.41, 5.74) is 4.11. The van der Waals surface area contributed by atoms with Gasteiger partial charge in [0.2, 0.25) is 5.16 Å². The number of carbonyl (C=O) groups is 1. The van der Waals surface area contributed by atoms with Crippen molar-refractivity contribution in [1.82, 2.24) is 20.2 Å². The predicted molar refractivity (Wildman–Crippen MR) is 97.5 cm³/mol. The molecule has 7 heteroatoms. The van der Waals surface area contributed by atoms with Crippen LogP contribution in [-0.4, -0.2) is 31.7 Å². The van der Waals surface area contributed by atoms with Crippen LogP contribution in [0.1, 0.15) is 31.2 Å². The van der Waals surface area contributed by atoms with Crippen molar-refractivity contribution >= 4 is 28.9 Å². The van der Waals surface area contributed by atoms with E-state index in [1.165, 1.54) is 22.9 Å². The molecule has 0 spiro atoms. The molecule has 0 radical (unpaired) electrons. The van der Waals surface area contributed by atoms with E-state index in [1.54, 1.807) is 16.0 Å². The molecule has 0 N–H and O–H groups in total. The number of hydrogen-bond acceptors (Lipinski definition) is 6. The molecule has 3 rings (SSSR count). The van der Waals surface area contributed by atoms with E-state index in [0.717, 1.165) is 21.0 Å². The van der Waals surface area contributed by atoms with E-state index in [2.05, 4.69) is 29.4 Å². The third-order valence-electron chi connectivity index (χ3n) is 3.85. The van der Waals surface area contributed by atoms with E-state index in [9.17, 15) is 4.79 Å². The molecule has 0 saturated heterocycles. The number of aryl methyl sites for hydroxylation is 4. The molecule has 0 unspecified atom stereocenters. The summed E-state index contributed by atoms with van der Waals surface area (Å²) < 4.78 is 1.68. The van der Waals surface area contributed by atoms with Crippen LogP contribution < -0.4 is 0 Å². The molecular weight excluding hydrogens is 340 g/mol. The maximum Gasteiger partial charge on any atom is 0.214 e. The Morgan fingerprint density at radius 2 is 1.96 bits per heavy atom. The summed E-state index contributed by atoms with van der Waals surface area (Å²) in [6.07, 6.45) is 0. The minimum Gasteiger partial charge on any atom is -0.293 e. The van der Waals surface area contributed by atoms with Crippen LogP contribution in [0.15, 0.2) is 29.4 Å². The Morgan fingerprint density at radius 3 is 2.62 bits per heavy atom. The first-order valence-corrected chi connectivity index (χ1v) is 9.35. The highest BCUT2D eigenvalue weighted by atomic mass is 32.2. The Bertz CT molecular complexity index is 898. The number of aromatic nitrogens is 4. The van der Waals surface area contributed by atoms with Crippen LogP contribution >= 0.6 is 23.1 Å². The van der Waals surface area contributed by atoms with Crippen molar-refractivity contribution in [1.29, 1.82) is 0 Å². The van der Waals surface area contributed by atoms with Crippen molar-refractivity contribution in [3.8, 4) is 5.69 Å². The van der Waals surface area contributed by atoms with Crippen molar-refractivity contribution < 1.29 is 4.79 Å². The van der Waals surface area contributed by atoms with Gasteiger partial charge in [0.25, 0.3) is 0 Å². The van der Waals surface area contributed by atoms with Crippen molar-refractivity contribution in [3.63, 3.8) is 0 Å². The average Bonchev–Trinajstić information content (AvgIpc) is 3.14. The summed E-state index contributed by atoms with van der Waals surface area (Å²) in [7, 11) is 0. The second-order valence-corrected chi connectivity index (χ2v) is 8.08. The fourth-order valence-corrected chi connectivity index (χ4v) is 4.12. The second-order valence-electron chi connectivity index (χ2n) is 5.68. The first-order valence-electron chi connectivity index (χ1n) is 7.54. The van der Waals surface area contributed by atoms with Crippen LogP contribution in [0.2, 0.25) is 0 Å². The van der Waals surface area contributed by atoms with Crippen LogP contribution in [0, 0.1) is 27.7 Å². The lowest BCUT2D eigenvalue weighted by Gasteiger charge is -2.06. The maximum absolute atomic E-state index is 12.4. The molecule has 3 aromatic rings. The molecule has 0 aliphatic rings. The molecule has 124 valence electrons.